The Hall–Kier alpha value is 0.270. The molecule has 0 amide bonds. The molecule has 1 unspecified atom stereocenters. The van der Waals surface area contributed by atoms with E-state index in [0.717, 1.165) is 0 Å². The van der Waals surface area contributed by atoms with Crippen molar-refractivity contribution in [3.05, 3.63) is 0 Å². The van der Waals surface area contributed by atoms with Crippen molar-refractivity contribution in [1.29, 1.82) is 0 Å². The number of rotatable bonds is 2. The van der Waals surface area contributed by atoms with Crippen molar-refractivity contribution in [1.82, 2.24) is 5.48 Å². The van der Waals surface area contributed by atoms with Crippen LogP contribution in [0.15, 0.2) is 0 Å². The molecule has 5 heteroatoms. The highest BCUT2D eigenvalue weighted by Gasteiger charge is 1.88. The van der Waals surface area contributed by atoms with Gasteiger partial charge in [0, 0.05) is 7.05 Å². The van der Waals surface area contributed by atoms with Crippen LogP contribution in [0.25, 0.3) is 0 Å². The Morgan fingerprint density at radius 3 is 2.50 bits per heavy atom. The maximum Gasteiger partial charge on any atom is 0.268 e. The Bertz CT molecular complexity index is 32.7. The van der Waals surface area contributed by atoms with Crippen molar-refractivity contribution in [2.24, 2.45) is 5.50 Å². The van der Waals surface area contributed by atoms with E-state index >= 15 is 0 Å². The minimum atomic E-state index is -1.71. The molecule has 38 valence electrons. The second kappa shape index (κ2) is 3.46. The fourth-order valence-corrected chi connectivity index (χ4v) is 0.281. The quantitative estimate of drug-likeness (QED) is 0.325. The van der Waals surface area contributed by atoms with Gasteiger partial charge >= 0.3 is 0 Å². The fourth-order valence-electron chi connectivity index (χ4n) is 0.0935. The lowest BCUT2D eigenvalue weighted by molar-refractivity contribution is 0.223. The van der Waals surface area contributed by atoms with Crippen LogP contribution in [-0.2, 0) is 4.62 Å². The Morgan fingerprint density at radius 1 is 2.00 bits per heavy atom. The van der Waals surface area contributed by atoms with Crippen LogP contribution in [0.4, 0.5) is 0 Å². The number of hydroxylamine groups is 1. The van der Waals surface area contributed by atoms with E-state index in [4.69, 9.17) is 10.4 Å². The lowest BCUT2D eigenvalue weighted by Crippen LogP contribution is -2.05. The van der Waals surface area contributed by atoms with Crippen molar-refractivity contribution < 1.29 is 9.52 Å². The molecule has 0 rings (SSSR count). The van der Waals surface area contributed by atoms with E-state index < -0.39 is 8.53 Å². The first kappa shape index (κ1) is 6.27. The van der Waals surface area contributed by atoms with E-state index in [2.05, 4.69) is 10.1 Å². The summed E-state index contributed by atoms with van der Waals surface area (Å²) in [5, 5.41) is 0. The standard InChI is InChI=1S/CH7N2O2P/c1-3-5-6(2)4/h3-4H,2H2,1H3. The zero-order valence-corrected chi connectivity index (χ0v) is 4.27. The minimum Gasteiger partial charge on any atom is -0.337 e. The first-order chi connectivity index (χ1) is 2.77. The molecule has 0 radical (unpaired) electrons. The van der Waals surface area contributed by atoms with E-state index in [1.54, 1.807) is 0 Å². The molecule has 0 saturated heterocycles. The predicted octanol–water partition coefficient (Wildman–Crippen LogP) is -0.685. The fraction of sp³-hybridized carbons (Fsp3) is 1.00. The topological polar surface area (TPSA) is 67.5 Å². The van der Waals surface area contributed by atoms with Crippen LogP contribution < -0.4 is 11.0 Å². The third-order valence-corrected chi connectivity index (χ3v) is 0.554. The summed E-state index contributed by atoms with van der Waals surface area (Å²) in [6.45, 7) is 0. The summed E-state index contributed by atoms with van der Waals surface area (Å²) < 4.78 is 4.19. The average molecular weight is 110 g/mol. The molecule has 4 N–H and O–H groups in total. The smallest absolute Gasteiger partial charge is 0.268 e. The van der Waals surface area contributed by atoms with Crippen LogP contribution in [0.2, 0.25) is 0 Å². The van der Waals surface area contributed by atoms with Gasteiger partial charge in [-0.1, -0.05) is 0 Å². The molecule has 0 bridgehead atoms. The average Bonchev–Trinajstić information content (AvgIpc) is 1.35. The predicted molar refractivity (Wildman–Crippen MR) is 23.5 cm³/mol. The Labute approximate surface area is 37.2 Å². The summed E-state index contributed by atoms with van der Waals surface area (Å²) in [6, 6.07) is 0. The van der Waals surface area contributed by atoms with Gasteiger partial charge in [0.25, 0.3) is 8.53 Å². The third kappa shape index (κ3) is 4.27. The maximum atomic E-state index is 8.11. The van der Waals surface area contributed by atoms with E-state index in [-0.39, 0.29) is 0 Å². The molecule has 0 aromatic rings. The SMILES string of the molecule is CNOP(N)O. The first-order valence-electron chi connectivity index (χ1n) is 1.34. The van der Waals surface area contributed by atoms with Gasteiger partial charge in [-0.05, 0) is 0 Å². The highest BCUT2D eigenvalue weighted by molar-refractivity contribution is 7.43. The molecular weight excluding hydrogens is 103 g/mol. The van der Waals surface area contributed by atoms with Gasteiger partial charge in [0.2, 0.25) is 0 Å². The van der Waals surface area contributed by atoms with Crippen LogP contribution in [-0.4, -0.2) is 11.9 Å². The molecule has 0 aliphatic rings. The normalized spacial score (nSPS) is 14.5. The molecule has 0 aliphatic heterocycles. The van der Waals surface area contributed by atoms with Gasteiger partial charge in [0.05, 0.1) is 0 Å². The zero-order valence-electron chi connectivity index (χ0n) is 3.38. The summed E-state index contributed by atoms with van der Waals surface area (Å²) in [5.74, 6) is 0. The highest BCUT2D eigenvalue weighted by Crippen LogP contribution is 2.15. The van der Waals surface area contributed by atoms with E-state index in [1.807, 2.05) is 0 Å². The summed E-state index contributed by atoms with van der Waals surface area (Å²) in [5.41, 5.74) is 6.96. The van der Waals surface area contributed by atoms with E-state index in [1.165, 1.54) is 7.05 Å². The van der Waals surface area contributed by atoms with Gasteiger partial charge < -0.3 is 4.89 Å². The second-order valence-electron chi connectivity index (χ2n) is 0.598. The van der Waals surface area contributed by atoms with Crippen molar-refractivity contribution in [3.8, 4) is 0 Å². The largest absolute Gasteiger partial charge is 0.337 e. The van der Waals surface area contributed by atoms with Gasteiger partial charge in [0.15, 0.2) is 0 Å². The molecule has 0 spiro atoms. The number of nitrogens with one attached hydrogen (secondary N) is 1. The Kier molecular flexibility index (Phi) is 3.62. The van der Waals surface area contributed by atoms with Crippen LogP contribution in [0.1, 0.15) is 0 Å². The van der Waals surface area contributed by atoms with E-state index in [9.17, 15) is 0 Å². The molecule has 1 atom stereocenters. The molecular formula is CH7N2O2P. The molecule has 0 heterocycles. The van der Waals surface area contributed by atoms with Crippen LogP contribution in [0, 0.1) is 0 Å². The van der Waals surface area contributed by atoms with E-state index in [0.29, 0.717) is 0 Å². The molecule has 0 aliphatic carbocycles. The molecule has 4 nitrogen and oxygen atoms in total. The third-order valence-electron chi connectivity index (χ3n) is 0.185. The molecule has 0 aromatic heterocycles. The van der Waals surface area contributed by atoms with Gasteiger partial charge in [-0.25, -0.2) is 4.62 Å². The summed E-state index contributed by atoms with van der Waals surface area (Å²) >= 11 is 0. The van der Waals surface area contributed by atoms with Crippen LogP contribution >= 0.6 is 8.53 Å². The number of hydrogen-bond acceptors (Lipinski definition) is 4. The van der Waals surface area contributed by atoms with Crippen molar-refractivity contribution >= 4 is 8.53 Å². The van der Waals surface area contributed by atoms with Gasteiger partial charge in [0.1, 0.15) is 0 Å². The van der Waals surface area contributed by atoms with Crippen LogP contribution in [0.5, 0.6) is 0 Å². The summed E-state index contributed by atoms with van der Waals surface area (Å²) in [6.07, 6.45) is 0. The monoisotopic (exact) mass is 110 g/mol. The Morgan fingerprint density at radius 2 is 2.50 bits per heavy atom. The second-order valence-corrected chi connectivity index (χ2v) is 1.39. The van der Waals surface area contributed by atoms with Gasteiger partial charge in [-0.15, -0.1) is 0 Å². The lowest BCUT2D eigenvalue weighted by Gasteiger charge is -1.97. The van der Waals surface area contributed by atoms with Crippen LogP contribution in [0.3, 0.4) is 0 Å². The molecule has 0 saturated carbocycles. The Balaban J connectivity index is 2.63. The molecule has 6 heavy (non-hydrogen) atoms. The van der Waals surface area contributed by atoms with Crippen molar-refractivity contribution in [2.75, 3.05) is 7.05 Å². The summed E-state index contributed by atoms with van der Waals surface area (Å²) in [4.78, 5) is 8.11. The molecule has 0 aromatic carbocycles. The number of hydrogen-bond donors (Lipinski definition) is 3. The number of nitrogens with two attached hydrogens (primary N) is 1. The minimum absolute atomic E-state index is 1.53. The summed E-state index contributed by atoms with van der Waals surface area (Å²) in [7, 11) is -0.185. The maximum absolute atomic E-state index is 8.11. The van der Waals surface area contributed by atoms with Gasteiger partial charge in [-0.3, -0.25) is 5.50 Å². The first-order valence-corrected chi connectivity index (χ1v) is 2.63. The van der Waals surface area contributed by atoms with Crippen molar-refractivity contribution in [3.63, 3.8) is 0 Å². The highest BCUT2D eigenvalue weighted by atomic mass is 31.2. The zero-order chi connectivity index (χ0) is 4.99. The van der Waals surface area contributed by atoms with Gasteiger partial charge in [-0.2, -0.15) is 5.48 Å². The lowest BCUT2D eigenvalue weighted by atomic mass is 11.6. The van der Waals surface area contributed by atoms with Crippen molar-refractivity contribution in [2.45, 2.75) is 0 Å². The molecule has 0 fully saturated rings.